The largest absolute Gasteiger partial charge is 0.697 e. The van der Waals surface area contributed by atoms with E-state index in [1.807, 2.05) is 0 Å². The smallest absolute Gasteiger partial charge is 0.382 e. The molecule has 6 rings (SSSR count). The SMILES string of the molecule is CO[P+](=O)OC[C@H]1O[C@@H](n2cnc3c(N)ncnc32)[C@@H](F)[C@@H]1OP(O)(=S)OCC1C[C@H](F)[C@H](n2cnc3c(N)ncnc32)O1. The zero-order valence-corrected chi connectivity index (χ0v) is 25.2. The highest BCUT2D eigenvalue weighted by Gasteiger charge is 2.51. The molecule has 3 unspecified atom stereocenters. The lowest BCUT2D eigenvalue weighted by Crippen LogP contribution is -2.33. The maximum atomic E-state index is 16.0. The molecule has 2 saturated heterocycles. The van der Waals surface area contributed by atoms with Crippen LogP contribution in [0.4, 0.5) is 20.4 Å². The molecule has 0 amide bonds. The molecule has 0 saturated carbocycles. The van der Waals surface area contributed by atoms with Crippen LogP contribution in [-0.2, 0) is 43.9 Å². The zero-order chi connectivity index (χ0) is 31.2. The van der Waals surface area contributed by atoms with Gasteiger partial charge in [0, 0.05) is 11.0 Å². The molecule has 44 heavy (non-hydrogen) atoms. The highest BCUT2D eigenvalue weighted by molar-refractivity contribution is 8.07. The molecule has 0 radical (unpaired) electrons. The summed E-state index contributed by atoms with van der Waals surface area (Å²) in [7, 11) is -1.40. The molecular formula is C21H25F2N10O8P2S+. The van der Waals surface area contributed by atoms with E-state index in [1.54, 1.807) is 0 Å². The highest BCUT2D eigenvalue weighted by Crippen LogP contribution is 2.50. The lowest BCUT2D eigenvalue weighted by molar-refractivity contribution is -0.0448. The summed E-state index contributed by atoms with van der Waals surface area (Å²) in [5.41, 5.74) is 12.6. The van der Waals surface area contributed by atoms with Crippen molar-refractivity contribution in [2.75, 3.05) is 31.8 Å². The molecule has 0 aromatic carbocycles. The first-order valence-corrected chi connectivity index (χ1v) is 16.5. The van der Waals surface area contributed by atoms with E-state index in [-0.39, 0.29) is 47.0 Å². The van der Waals surface area contributed by atoms with Crippen LogP contribution in [0.5, 0.6) is 0 Å². The van der Waals surface area contributed by atoms with Gasteiger partial charge in [0.05, 0.1) is 32.5 Å². The third-order valence-electron chi connectivity index (χ3n) is 6.89. The number of alkyl halides is 2. The number of aromatic nitrogens is 8. The van der Waals surface area contributed by atoms with E-state index in [9.17, 15) is 9.46 Å². The summed E-state index contributed by atoms with van der Waals surface area (Å²) in [4.78, 5) is 35.0. The Kier molecular flexibility index (Phi) is 8.77. The van der Waals surface area contributed by atoms with Crippen molar-refractivity contribution in [3.63, 3.8) is 0 Å². The fraction of sp³-hybridized carbons (Fsp3) is 0.524. The summed E-state index contributed by atoms with van der Waals surface area (Å²) < 4.78 is 77.7. The summed E-state index contributed by atoms with van der Waals surface area (Å²) in [5.74, 6) is 0.192. The summed E-state index contributed by atoms with van der Waals surface area (Å²) in [6.45, 7) is -5.06. The van der Waals surface area contributed by atoms with Gasteiger partial charge in [-0.05, 0) is 11.8 Å². The number of hydrogen-bond acceptors (Lipinski definition) is 16. The topological polar surface area (TPSA) is 232 Å². The van der Waals surface area contributed by atoms with E-state index in [0.717, 1.165) is 7.11 Å². The van der Waals surface area contributed by atoms with Gasteiger partial charge in [0.25, 0.3) is 0 Å². The number of hydrogen-bond donors (Lipinski definition) is 3. The van der Waals surface area contributed by atoms with Crippen molar-refractivity contribution < 1.29 is 45.8 Å². The Bertz CT molecular complexity index is 1740. The van der Waals surface area contributed by atoms with Crippen LogP contribution < -0.4 is 11.5 Å². The molecule has 0 spiro atoms. The van der Waals surface area contributed by atoms with Gasteiger partial charge in [-0.25, -0.2) is 38.7 Å². The van der Waals surface area contributed by atoms with Crippen LogP contribution in [0, 0.1) is 0 Å². The van der Waals surface area contributed by atoms with Crippen molar-refractivity contribution in [2.45, 2.75) is 49.5 Å². The van der Waals surface area contributed by atoms with Gasteiger partial charge in [-0.3, -0.25) is 13.7 Å². The fourth-order valence-electron chi connectivity index (χ4n) is 4.89. The molecule has 2 fully saturated rings. The van der Waals surface area contributed by atoms with Crippen molar-refractivity contribution in [2.24, 2.45) is 0 Å². The van der Waals surface area contributed by atoms with Crippen molar-refractivity contribution in [3.8, 4) is 0 Å². The molecule has 4 aromatic rings. The quantitative estimate of drug-likeness (QED) is 0.191. The van der Waals surface area contributed by atoms with Crippen LogP contribution in [0.25, 0.3) is 22.3 Å². The lowest BCUT2D eigenvalue weighted by Gasteiger charge is -2.24. The Hall–Kier alpha value is -2.97. The average Bonchev–Trinajstić information content (AvgIpc) is 3.77. The van der Waals surface area contributed by atoms with Gasteiger partial charge in [-0.1, -0.05) is 0 Å². The monoisotopic (exact) mass is 677 g/mol. The fourth-order valence-corrected chi connectivity index (χ4v) is 6.72. The molecule has 18 nitrogen and oxygen atoms in total. The molecule has 6 heterocycles. The van der Waals surface area contributed by atoms with Gasteiger partial charge in [0.15, 0.2) is 41.6 Å². The molecular weight excluding hydrogens is 652 g/mol. The average molecular weight is 678 g/mol. The second-order valence-corrected chi connectivity index (χ2v) is 13.5. The van der Waals surface area contributed by atoms with Crippen LogP contribution in [0.2, 0.25) is 0 Å². The maximum Gasteiger partial charge on any atom is 0.697 e. The number of ether oxygens (including phenoxy) is 2. The molecule has 2 aliphatic rings. The highest BCUT2D eigenvalue weighted by atomic mass is 32.5. The molecule has 0 bridgehead atoms. The van der Waals surface area contributed by atoms with Gasteiger partial charge in [-0.2, -0.15) is 0 Å². The van der Waals surface area contributed by atoms with Gasteiger partial charge < -0.3 is 30.4 Å². The first-order chi connectivity index (χ1) is 21.1. The van der Waals surface area contributed by atoms with Crippen LogP contribution in [0.3, 0.4) is 0 Å². The van der Waals surface area contributed by atoms with Crippen molar-refractivity contribution in [3.05, 3.63) is 25.3 Å². The minimum atomic E-state index is -4.20. The van der Waals surface area contributed by atoms with Crippen molar-refractivity contribution in [1.29, 1.82) is 0 Å². The number of imidazole rings is 2. The van der Waals surface area contributed by atoms with E-state index in [4.69, 9.17) is 46.3 Å². The van der Waals surface area contributed by atoms with Gasteiger partial charge in [-0.15, -0.1) is 9.05 Å². The van der Waals surface area contributed by atoms with Crippen LogP contribution >= 0.6 is 15.0 Å². The van der Waals surface area contributed by atoms with Crippen molar-refractivity contribution in [1.82, 2.24) is 39.0 Å². The molecule has 4 aromatic heterocycles. The lowest BCUT2D eigenvalue weighted by atomic mass is 10.1. The third-order valence-corrected chi connectivity index (χ3v) is 9.11. The second kappa shape index (κ2) is 12.4. The normalized spacial score (nSPS) is 29.0. The first kappa shape index (κ1) is 31.0. The van der Waals surface area contributed by atoms with Crippen molar-refractivity contribution >= 4 is 60.7 Å². The Morgan fingerprint density at radius 1 is 1.02 bits per heavy atom. The predicted octanol–water partition coefficient (Wildman–Crippen LogP) is 1.63. The van der Waals surface area contributed by atoms with Gasteiger partial charge >= 0.3 is 15.0 Å². The molecule has 0 aliphatic carbocycles. The number of halogens is 2. The Morgan fingerprint density at radius 2 is 1.64 bits per heavy atom. The minimum Gasteiger partial charge on any atom is -0.382 e. The van der Waals surface area contributed by atoms with Crippen LogP contribution in [0.15, 0.2) is 25.3 Å². The van der Waals surface area contributed by atoms with Gasteiger partial charge in [0.1, 0.15) is 48.7 Å². The number of nitrogens with two attached hydrogens (primary N) is 2. The molecule has 5 N–H and O–H groups in total. The zero-order valence-electron chi connectivity index (χ0n) is 22.6. The van der Waals surface area contributed by atoms with E-state index in [1.165, 1.54) is 34.4 Å². The van der Waals surface area contributed by atoms with Crippen LogP contribution in [-0.4, -0.2) is 94.9 Å². The van der Waals surface area contributed by atoms with E-state index >= 15 is 8.78 Å². The Morgan fingerprint density at radius 3 is 2.25 bits per heavy atom. The Labute approximate surface area is 252 Å². The second-order valence-electron chi connectivity index (χ2n) is 9.61. The number of nitrogen functional groups attached to an aromatic ring is 2. The molecule has 236 valence electrons. The van der Waals surface area contributed by atoms with E-state index < -0.39 is 64.7 Å². The van der Waals surface area contributed by atoms with Crippen LogP contribution in [0.1, 0.15) is 18.9 Å². The number of anilines is 2. The third kappa shape index (κ3) is 6.00. The first-order valence-electron chi connectivity index (χ1n) is 12.8. The standard InChI is InChI=1S/C21H24F2N10O8P2S/c1-36-42(34)37-4-11-15(12(23)21(40-11)33-8-31-14-17(25)27-6-29-19(14)33)41-43(35,44)38-3-9-2-10(22)20(39-9)32-7-30-13-16(24)26-5-28-18(13)32/h5-12,15,20-21H,2-4H2,1H3,(H4-,24,25,26,27,28,29,35,44)/p+1/t9?,10-,11+,12-,15+,20+,21+,43?/m0/s1. The Balaban J connectivity index is 1.15. The minimum absolute atomic E-state index is 0.0664. The maximum absolute atomic E-state index is 16.0. The molecule has 2 aliphatic heterocycles. The summed E-state index contributed by atoms with van der Waals surface area (Å²) >= 11 is 5.15. The number of nitrogens with zero attached hydrogens (tertiary/aromatic N) is 8. The number of rotatable bonds is 11. The summed E-state index contributed by atoms with van der Waals surface area (Å²) in [6, 6.07) is 0. The van der Waals surface area contributed by atoms with Gasteiger partial charge in [0.2, 0.25) is 0 Å². The molecule has 23 heteroatoms. The van der Waals surface area contributed by atoms with E-state index in [2.05, 4.69) is 34.4 Å². The van der Waals surface area contributed by atoms with E-state index in [0.29, 0.717) is 0 Å². The predicted molar refractivity (Wildman–Crippen MR) is 150 cm³/mol. The summed E-state index contributed by atoms with van der Waals surface area (Å²) in [5, 5.41) is 0. The summed E-state index contributed by atoms with van der Waals surface area (Å²) in [6.07, 6.45) is -4.83. The number of fused-ring (bicyclic) bond motifs is 2. The molecule has 9 atom stereocenters.